The fourth-order valence-corrected chi connectivity index (χ4v) is 2.26. The summed E-state index contributed by atoms with van der Waals surface area (Å²) in [5.74, 6) is 1.37. The van der Waals surface area contributed by atoms with E-state index in [9.17, 15) is 0 Å². The van der Waals surface area contributed by atoms with Gasteiger partial charge in [-0.3, -0.25) is 0 Å². The molecule has 1 atom stereocenters. The lowest BCUT2D eigenvalue weighted by Crippen LogP contribution is -2.27. The van der Waals surface area contributed by atoms with Crippen molar-refractivity contribution in [2.24, 2.45) is 11.8 Å². The highest BCUT2D eigenvalue weighted by atomic mass is 79.9. The standard InChI is InChI=1S/C15H21BrN2O/c1-11(2)13(9-17)10-18-7-6-12-8-14(16)4-5-15(12)19-3/h4-5,8,11,13,18H,6-7,10H2,1-3H3. The highest BCUT2D eigenvalue weighted by Gasteiger charge is 2.11. The van der Waals surface area contributed by atoms with Crippen LogP contribution < -0.4 is 10.1 Å². The van der Waals surface area contributed by atoms with Crippen LogP contribution in [0.3, 0.4) is 0 Å². The zero-order valence-corrected chi connectivity index (χ0v) is 13.3. The number of nitrogens with one attached hydrogen (secondary N) is 1. The Labute approximate surface area is 124 Å². The topological polar surface area (TPSA) is 45.0 Å². The van der Waals surface area contributed by atoms with Gasteiger partial charge in [-0.05, 0) is 42.6 Å². The van der Waals surface area contributed by atoms with E-state index in [0.29, 0.717) is 5.92 Å². The van der Waals surface area contributed by atoms with Crippen molar-refractivity contribution < 1.29 is 4.74 Å². The molecule has 0 radical (unpaired) electrons. The maximum Gasteiger partial charge on any atom is 0.122 e. The number of nitriles is 1. The molecule has 0 heterocycles. The molecule has 4 heteroatoms. The summed E-state index contributed by atoms with van der Waals surface area (Å²) in [5, 5.41) is 12.4. The molecular formula is C15H21BrN2O. The molecule has 1 N–H and O–H groups in total. The Bertz CT molecular complexity index is 440. The summed E-state index contributed by atoms with van der Waals surface area (Å²) in [4.78, 5) is 0. The molecule has 104 valence electrons. The van der Waals surface area contributed by atoms with Crippen LogP contribution in [0.25, 0.3) is 0 Å². The molecule has 0 aliphatic rings. The van der Waals surface area contributed by atoms with Crippen molar-refractivity contribution in [3.05, 3.63) is 28.2 Å². The minimum atomic E-state index is 0.0735. The fraction of sp³-hybridized carbons (Fsp3) is 0.533. The largest absolute Gasteiger partial charge is 0.496 e. The van der Waals surface area contributed by atoms with Crippen molar-refractivity contribution in [1.82, 2.24) is 5.32 Å². The molecule has 19 heavy (non-hydrogen) atoms. The lowest BCUT2D eigenvalue weighted by Gasteiger charge is -2.14. The second kappa shape index (κ2) is 8.19. The molecule has 0 fully saturated rings. The highest BCUT2D eigenvalue weighted by Crippen LogP contribution is 2.23. The van der Waals surface area contributed by atoms with Crippen LogP contribution in [-0.4, -0.2) is 20.2 Å². The van der Waals surface area contributed by atoms with Crippen LogP contribution in [-0.2, 0) is 6.42 Å². The van der Waals surface area contributed by atoms with Crippen molar-refractivity contribution in [2.75, 3.05) is 20.2 Å². The third kappa shape index (κ3) is 5.22. The Balaban J connectivity index is 2.45. The van der Waals surface area contributed by atoms with Crippen LogP contribution in [0.1, 0.15) is 19.4 Å². The molecule has 0 aliphatic heterocycles. The first kappa shape index (κ1) is 16.0. The smallest absolute Gasteiger partial charge is 0.122 e. The van der Waals surface area contributed by atoms with Gasteiger partial charge in [0.05, 0.1) is 19.1 Å². The zero-order valence-electron chi connectivity index (χ0n) is 11.7. The maximum absolute atomic E-state index is 9.02. The summed E-state index contributed by atoms with van der Waals surface area (Å²) in [7, 11) is 1.69. The van der Waals surface area contributed by atoms with Gasteiger partial charge in [-0.1, -0.05) is 29.8 Å². The van der Waals surface area contributed by atoms with Gasteiger partial charge in [0, 0.05) is 11.0 Å². The summed E-state index contributed by atoms with van der Waals surface area (Å²) in [5.41, 5.74) is 1.17. The van der Waals surface area contributed by atoms with Gasteiger partial charge in [0.2, 0.25) is 0 Å². The number of ether oxygens (including phenoxy) is 1. The molecule has 0 aliphatic carbocycles. The summed E-state index contributed by atoms with van der Waals surface area (Å²) in [6.45, 7) is 5.74. The molecule has 0 saturated heterocycles. The van der Waals surface area contributed by atoms with Crippen molar-refractivity contribution in [1.29, 1.82) is 5.26 Å². The molecule has 0 spiro atoms. The quantitative estimate of drug-likeness (QED) is 0.782. The van der Waals surface area contributed by atoms with E-state index < -0.39 is 0 Å². The first-order valence-corrected chi connectivity index (χ1v) is 7.30. The molecule has 0 amide bonds. The van der Waals surface area contributed by atoms with E-state index in [1.807, 2.05) is 12.1 Å². The van der Waals surface area contributed by atoms with Crippen LogP contribution >= 0.6 is 15.9 Å². The van der Waals surface area contributed by atoms with Gasteiger partial charge in [-0.25, -0.2) is 0 Å². The van der Waals surface area contributed by atoms with E-state index in [-0.39, 0.29) is 5.92 Å². The Hall–Kier alpha value is -1.05. The van der Waals surface area contributed by atoms with Gasteiger partial charge in [0.1, 0.15) is 5.75 Å². The van der Waals surface area contributed by atoms with E-state index in [4.69, 9.17) is 10.00 Å². The van der Waals surface area contributed by atoms with E-state index in [2.05, 4.69) is 47.2 Å². The normalized spacial score (nSPS) is 12.2. The van der Waals surface area contributed by atoms with E-state index in [1.165, 1.54) is 5.56 Å². The molecule has 1 aromatic carbocycles. The molecule has 3 nitrogen and oxygen atoms in total. The number of methoxy groups -OCH3 is 1. The van der Waals surface area contributed by atoms with E-state index in [0.717, 1.165) is 29.7 Å². The van der Waals surface area contributed by atoms with Gasteiger partial charge >= 0.3 is 0 Å². The fourth-order valence-electron chi connectivity index (χ4n) is 1.85. The molecule has 0 bridgehead atoms. The van der Waals surface area contributed by atoms with Gasteiger partial charge in [-0.2, -0.15) is 5.26 Å². The first-order chi connectivity index (χ1) is 9.08. The van der Waals surface area contributed by atoms with Crippen molar-refractivity contribution in [3.63, 3.8) is 0 Å². The predicted molar refractivity (Wildman–Crippen MR) is 81.2 cm³/mol. The number of nitrogens with zero attached hydrogens (tertiary/aromatic N) is 1. The second-order valence-corrected chi connectivity index (χ2v) is 5.81. The van der Waals surface area contributed by atoms with Crippen LogP contribution in [0.15, 0.2) is 22.7 Å². The van der Waals surface area contributed by atoms with Crippen LogP contribution in [0.5, 0.6) is 5.75 Å². The van der Waals surface area contributed by atoms with Crippen molar-refractivity contribution in [2.45, 2.75) is 20.3 Å². The molecule has 1 unspecified atom stereocenters. The predicted octanol–water partition coefficient (Wildman–Crippen LogP) is 3.39. The molecule has 0 saturated carbocycles. The lowest BCUT2D eigenvalue weighted by molar-refractivity contribution is 0.407. The first-order valence-electron chi connectivity index (χ1n) is 6.51. The monoisotopic (exact) mass is 324 g/mol. The SMILES string of the molecule is COc1ccc(Br)cc1CCNCC(C#N)C(C)C. The van der Waals surface area contributed by atoms with E-state index >= 15 is 0 Å². The molecule has 0 aromatic heterocycles. The molecule has 1 rings (SSSR count). The third-order valence-electron chi connectivity index (χ3n) is 3.15. The van der Waals surface area contributed by atoms with E-state index in [1.54, 1.807) is 7.11 Å². The Morgan fingerprint density at radius 3 is 2.74 bits per heavy atom. The number of hydrogen-bond acceptors (Lipinski definition) is 3. The Morgan fingerprint density at radius 2 is 2.16 bits per heavy atom. The highest BCUT2D eigenvalue weighted by molar-refractivity contribution is 9.10. The number of rotatable bonds is 7. The summed E-state index contributed by atoms with van der Waals surface area (Å²) < 4.78 is 6.39. The summed E-state index contributed by atoms with van der Waals surface area (Å²) in [6.07, 6.45) is 0.888. The Kier molecular flexibility index (Phi) is 6.90. The maximum atomic E-state index is 9.02. The molecule has 1 aromatic rings. The summed E-state index contributed by atoms with van der Waals surface area (Å²) in [6, 6.07) is 8.35. The average Bonchev–Trinajstić information content (AvgIpc) is 2.38. The van der Waals surface area contributed by atoms with Gasteiger partial charge in [-0.15, -0.1) is 0 Å². The zero-order chi connectivity index (χ0) is 14.3. The number of hydrogen-bond donors (Lipinski definition) is 1. The van der Waals surface area contributed by atoms with Crippen LogP contribution in [0.4, 0.5) is 0 Å². The number of benzene rings is 1. The second-order valence-electron chi connectivity index (χ2n) is 4.89. The van der Waals surface area contributed by atoms with Crippen molar-refractivity contribution in [3.8, 4) is 11.8 Å². The van der Waals surface area contributed by atoms with Crippen LogP contribution in [0, 0.1) is 23.2 Å². The van der Waals surface area contributed by atoms with Crippen molar-refractivity contribution >= 4 is 15.9 Å². The molecular weight excluding hydrogens is 304 g/mol. The van der Waals surface area contributed by atoms with Gasteiger partial charge in [0.15, 0.2) is 0 Å². The lowest BCUT2D eigenvalue weighted by atomic mass is 9.97. The van der Waals surface area contributed by atoms with Crippen LogP contribution in [0.2, 0.25) is 0 Å². The minimum absolute atomic E-state index is 0.0735. The average molecular weight is 325 g/mol. The minimum Gasteiger partial charge on any atom is -0.496 e. The van der Waals surface area contributed by atoms with Gasteiger partial charge in [0.25, 0.3) is 0 Å². The Morgan fingerprint density at radius 1 is 1.42 bits per heavy atom. The third-order valence-corrected chi connectivity index (χ3v) is 3.64. The number of halogens is 1. The van der Waals surface area contributed by atoms with Gasteiger partial charge < -0.3 is 10.1 Å². The summed E-state index contributed by atoms with van der Waals surface area (Å²) >= 11 is 3.47.